The van der Waals surface area contributed by atoms with E-state index >= 15 is 0 Å². The lowest BCUT2D eigenvalue weighted by Crippen LogP contribution is -2.30. The van der Waals surface area contributed by atoms with Crippen molar-refractivity contribution >= 4 is 17.9 Å². The molecular formula is C65H110O6. The number of hydrogen-bond donors (Lipinski definition) is 0. The van der Waals surface area contributed by atoms with Crippen molar-refractivity contribution in [2.45, 2.75) is 284 Å². The zero-order valence-electron chi connectivity index (χ0n) is 46.5. The van der Waals surface area contributed by atoms with Crippen molar-refractivity contribution in [3.8, 4) is 0 Å². The Morgan fingerprint density at radius 3 is 0.859 bits per heavy atom. The third kappa shape index (κ3) is 57.1. The van der Waals surface area contributed by atoms with Crippen LogP contribution in [0.4, 0.5) is 0 Å². The standard InChI is InChI=1S/C65H110O6/c1-4-7-10-13-15-17-19-21-23-25-26-27-28-29-30-31-32-33-34-35-36-37-38-40-41-43-45-47-49-52-55-58-64(67)70-61-62(60-69-63(66)57-54-51-12-9-6-3)71-65(68)59-56-53-50-48-46-44-42-39-24-22-20-18-16-14-11-8-5-2/h7,10,15,17,21,23,26-27,29-30,32-33,35-36,38,40,62H,4-6,8-9,11-14,16,18-20,22,24-25,28,31,34,37,39,41-61H2,1-3H3/b10-7-,17-15-,23-21-,27-26-,30-29-,33-32-,36-35-,40-38-. The van der Waals surface area contributed by atoms with Crippen LogP contribution in [-0.2, 0) is 28.6 Å². The van der Waals surface area contributed by atoms with E-state index < -0.39 is 6.10 Å². The van der Waals surface area contributed by atoms with E-state index in [1.165, 1.54) is 109 Å². The molecule has 0 aromatic carbocycles. The summed E-state index contributed by atoms with van der Waals surface area (Å²) in [6, 6.07) is 0. The van der Waals surface area contributed by atoms with Crippen molar-refractivity contribution in [2.24, 2.45) is 0 Å². The summed E-state index contributed by atoms with van der Waals surface area (Å²) in [4.78, 5) is 37.8. The molecular weight excluding hydrogens is 877 g/mol. The summed E-state index contributed by atoms with van der Waals surface area (Å²) in [5, 5.41) is 0. The van der Waals surface area contributed by atoms with Gasteiger partial charge >= 0.3 is 17.9 Å². The highest BCUT2D eigenvalue weighted by Crippen LogP contribution is 2.16. The minimum atomic E-state index is -0.778. The number of carbonyl (C=O) groups is 3. The van der Waals surface area contributed by atoms with Crippen LogP contribution in [0, 0.1) is 0 Å². The summed E-state index contributed by atoms with van der Waals surface area (Å²) in [6.07, 6.45) is 78.8. The maximum Gasteiger partial charge on any atom is 0.306 e. The fourth-order valence-electron chi connectivity index (χ4n) is 8.16. The molecule has 0 aliphatic heterocycles. The van der Waals surface area contributed by atoms with E-state index in [-0.39, 0.29) is 31.1 Å². The van der Waals surface area contributed by atoms with Gasteiger partial charge in [0.2, 0.25) is 0 Å². The number of carbonyl (C=O) groups excluding carboxylic acids is 3. The lowest BCUT2D eigenvalue weighted by Gasteiger charge is -2.18. The van der Waals surface area contributed by atoms with Crippen LogP contribution in [0.5, 0.6) is 0 Å². The van der Waals surface area contributed by atoms with Gasteiger partial charge in [-0.2, -0.15) is 0 Å². The van der Waals surface area contributed by atoms with Crippen LogP contribution in [0.2, 0.25) is 0 Å². The van der Waals surface area contributed by atoms with Crippen LogP contribution >= 0.6 is 0 Å². The summed E-state index contributed by atoms with van der Waals surface area (Å²) in [7, 11) is 0. The highest BCUT2D eigenvalue weighted by Gasteiger charge is 2.19. The molecule has 0 heterocycles. The van der Waals surface area contributed by atoms with Gasteiger partial charge in [0, 0.05) is 19.3 Å². The Labute approximate surface area is 438 Å². The summed E-state index contributed by atoms with van der Waals surface area (Å²) in [5.74, 6) is -0.903. The van der Waals surface area contributed by atoms with E-state index in [9.17, 15) is 14.4 Å². The Hall–Kier alpha value is -3.67. The van der Waals surface area contributed by atoms with E-state index in [0.717, 1.165) is 128 Å². The summed E-state index contributed by atoms with van der Waals surface area (Å²) in [6.45, 7) is 6.44. The molecule has 0 aromatic rings. The topological polar surface area (TPSA) is 78.9 Å². The summed E-state index contributed by atoms with van der Waals surface area (Å²) >= 11 is 0. The Kier molecular flexibility index (Phi) is 55.9. The van der Waals surface area contributed by atoms with Crippen LogP contribution in [0.3, 0.4) is 0 Å². The first kappa shape index (κ1) is 67.3. The van der Waals surface area contributed by atoms with Gasteiger partial charge < -0.3 is 14.2 Å². The van der Waals surface area contributed by atoms with E-state index in [1.807, 2.05) is 0 Å². The zero-order valence-corrected chi connectivity index (χ0v) is 46.5. The van der Waals surface area contributed by atoms with Gasteiger partial charge in [-0.3, -0.25) is 14.4 Å². The molecule has 6 heteroatoms. The number of unbranched alkanes of at least 4 members (excludes halogenated alkanes) is 26. The lowest BCUT2D eigenvalue weighted by atomic mass is 10.0. The van der Waals surface area contributed by atoms with Crippen LogP contribution in [0.25, 0.3) is 0 Å². The van der Waals surface area contributed by atoms with E-state index in [4.69, 9.17) is 14.2 Å². The molecule has 0 fully saturated rings. The molecule has 0 aromatic heterocycles. The highest BCUT2D eigenvalue weighted by molar-refractivity contribution is 5.71. The van der Waals surface area contributed by atoms with Crippen molar-refractivity contribution < 1.29 is 28.6 Å². The Morgan fingerprint density at radius 2 is 0.549 bits per heavy atom. The molecule has 71 heavy (non-hydrogen) atoms. The first-order chi connectivity index (χ1) is 35.0. The molecule has 0 aliphatic carbocycles. The molecule has 0 saturated carbocycles. The molecule has 0 radical (unpaired) electrons. The number of rotatable bonds is 53. The zero-order chi connectivity index (χ0) is 51.4. The fourth-order valence-corrected chi connectivity index (χ4v) is 8.16. The second kappa shape index (κ2) is 58.9. The number of ether oxygens (including phenoxy) is 3. The normalized spacial score (nSPS) is 12.8. The van der Waals surface area contributed by atoms with Crippen LogP contribution in [0.15, 0.2) is 97.2 Å². The summed E-state index contributed by atoms with van der Waals surface area (Å²) in [5.41, 5.74) is 0. The minimum Gasteiger partial charge on any atom is -0.462 e. The maximum absolute atomic E-state index is 12.8. The van der Waals surface area contributed by atoms with Crippen LogP contribution in [0.1, 0.15) is 278 Å². The molecule has 0 spiro atoms. The number of allylic oxidation sites excluding steroid dienone is 16. The average molecular weight is 988 g/mol. The monoisotopic (exact) mass is 987 g/mol. The van der Waals surface area contributed by atoms with Crippen molar-refractivity contribution in [1.29, 1.82) is 0 Å². The number of hydrogen-bond acceptors (Lipinski definition) is 6. The predicted molar refractivity (Wildman–Crippen MR) is 307 cm³/mol. The largest absolute Gasteiger partial charge is 0.462 e. The number of esters is 3. The molecule has 0 bridgehead atoms. The molecule has 0 amide bonds. The Balaban J connectivity index is 4.11. The van der Waals surface area contributed by atoms with Crippen molar-refractivity contribution in [2.75, 3.05) is 13.2 Å². The quantitative estimate of drug-likeness (QED) is 0.0261. The fraction of sp³-hybridized carbons (Fsp3) is 0.708. The predicted octanol–water partition coefficient (Wildman–Crippen LogP) is 20.1. The SMILES string of the molecule is CC/C=C\C/C=C\C/C=C\C/C=C\C/C=C\C/C=C\C/C=C\C/C=C\CCCCCCCCC(=O)OCC(COC(=O)CCCCCCC)OC(=O)CCCCCCCCCCCCCCCCCCC. The van der Waals surface area contributed by atoms with E-state index in [0.29, 0.717) is 19.3 Å². The summed E-state index contributed by atoms with van der Waals surface area (Å²) < 4.78 is 16.7. The van der Waals surface area contributed by atoms with Crippen molar-refractivity contribution in [3.05, 3.63) is 97.2 Å². The van der Waals surface area contributed by atoms with E-state index in [2.05, 4.69) is 118 Å². The van der Waals surface area contributed by atoms with Crippen molar-refractivity contribution in [3.63, 3.8) is 0 Å². The Morgan fingerprint density at radius 1 is 0.296 bits per heavy atom. The van der Waals surface area contributed by atoms with Gasteiger partial charge in [0.05, 0.1) is 0 Å². The highest BCUT2D eigenvalue weighted by atomic mass is 16.6. The molecule has 6 nitrogen and oxygen atoms in total. The molecule has 0 N–H and O–H groups in total. The second-order valence-electron chi connectivity index (χ2n) is 19.5. The lowest BCUT2D eigenvalue weighted by molar-refractivity contribution is -0.167. The maximum atomic E-state index is 12.8. The van der Waals surface area contributed by atoms with Gasteiger partial charge in [0.25, 0.3) is 0 Å². The molecule has 0 saturated heterocycles. The average Bonchev–Trinajstić information content (AvgIpc) is 3.37. The van der Waals surface area contributed by atoms with Gasteiger partial charge in [-0.1, -0.05) is 272 Å². The molecule has 0 rings (SSSR count). The minimum absolute atomic E-state index is 0.0805. The van der Waals surface area contributed by atoms with Gasteiger partial charge in [-0.15, -0.1) is 0 Å². The van der Waals surface area contributed by atoms with Gasteiger partial charge in [-0.25, -0.2) is 0 Å². The van der Waals surface area contributed by atoms with E-state index in [1.54, 1.807) is 0 Å². The first-order valence-electron chi connectivity index (χ1n) is 29.7. The molecule has 1 unspecified atom stereocenters. The van der Waals surface area contributed by atoms with Crippen molar-refractivity contribution in [1.82, 2.24) is 0 Å². The first-order valence-corrected chi connectivity index (χ1v) is 29.7. The van der Waals surface area contributed by atoms with Crippen LogP contribution < -0.4 is 0 Å². The Bertz CT molecular complexity index is 1410. The third-order valence-corrected chi connectivity index (χ3v) is 12.6. The third-order valence-electron chi connectivity index (χ3n) is 12.6. The molecule has 1 atom stereocenters. The van der Waals surface area contributed by atoms with Gasteiger partial charge in [0.15, 0.2) is 6.10 Å². The van der Waals surface area contributed by atoms with Gasteiger partial charge in [-0.05, 0) is 83.5 Å². The molecule has 406 valence electrons. The second-order valence-corrected chi connectivity index (χ2v) is 19.5. The molecule has 0 aliphatic rings. The van der Waals surface area contributed by atoms with Gasteiger partial charge in [0.1, 0.15) is 13.2 Å². The van der Waals surface area contributed by atoms with Crippen LogP contribution in [-0.4, -0.2) is 37.2 Å². The smallest absolute Gasteiger partial charge is 0.306 e.